The molecule has 1 aromatic rings. The minimum absolute atomic E-state index is 0.0114. The van der Waals surface area contributed by atoms with Gasteiger partial charge in [0, 0.05) is 24.9 Å². The Morgan fingerprint density at radius 3 is 2.85 bits per heavy atom. The molecule has 1 saturated carbocycles. The number of rotatable bonds is 5. The maximum absolute atomic E-state index is 11.8. The first-order chi connectivity index (χ1) is 9.57. The van der Waals surface area contributed by atoms with Gasteiger partial charge in [-0.1, -0.05) is 13.0 Å². The summed E-state index contributed by atoms with van der Waals surface area (Å²) < 4.78 is 0. The highest BCUT2D eigenvalue weighted by Gasteiger charge is 2.31. The average Bonchev–Trinajstić information content (AvgIpc) is 2.48. The number of nitrogens with zero attached hydrogens (tertiary/aromatic N) is 1. The Labute approximate surface area is 120 Å². The van der Waals surface area contributed by atoms with Gasteiger partial charge in [0.2, 0.25) is 5.91 Å². The number of amides is 1. The van der Waals surface area contributed by atoms with Crippen LogP contribution in [0.25, 0.3) is 0 Å². The van der Waals surface area contributed by atoms with Crippen molar-refractivity contribution in [2.45, 2.75) is 51.0 Å². The van der Waals surface area contributed by atoms with E-state index in [4.69, 9.17) is 0 Å². The zero-order chi connectivity index (χ0) is 14.4. The molecule has 4 heteroatoms. The summed E-state index contributed by atoms with van der Waals surface area (Å²) in [6.07, 6.45) is 6.45. The third-order valence-corrected chi connectivity index (χ3v) is 4.15. The molecule has 0 bridgehead atoms. The Morgan fingerprint density at radius 1 is 1.45 bits per heavy atom. The van der Waals surface area contributed by atoms with E-state index in [2.05, 4.69) is 17.2 Å². The number of carbonyl (C=O) groups is 1. The Balaban J connectivity index is 1.70. The van der Waals surface area contributed by atoms with E-state index in [1.165, 1.54) is 0 Å². The summed E-state index contributed by atoms with van der Waals surface area (Å²) in [5.74, 6) is 0.679. The molecule has 1 aromatic heterocycles. The molecule has 2 N–H and O–H groups in total. The summed E-state index contributed by atoms with van der Waals surface area (Å²) in [6, 6.07) is 5.71. The molecule has 0 saturated heterocycles. The molecule has 2 rings (SSSR count). The maximum Gasteiger partial charge on any atom is 0.220 e. The largest absolute Gasteiger partial charge is 0.388 e. The predicted octanol–water partition coefficient (Wildman–Crippen LogP) is 2.07. The molecule has 0 spiro atoms. The van der Waals surface area contributed by atoms with E-state index in [0.29, 0.717) is 25.3 Å². The lowest BCUT2D eigenvalue weighted by atomic mass is 9.79. The summed E-state index contributed by atoms with van der Waals surface area (Å²) in [5.41, 5.74) is 0.223. The Kier molecular flexibility index (Phi) is 5.12. The average molecular weight is 276 g/mol. The molecule has 1 aliphatic rings. The van der Waals surface area contributed by atoms with Gasteiger partial charge in [-0.25, -0.2) is 0 Å². The van der Waals surface area contributed by atoms with Crippen LogP contribution in [0, 0.1) is 5.92 Å². The third kappa shape index (κ3) is 4.60. The lowest BCUT2D eigenvalue weighted by molar-refractivity contribution is -0.122. The smallest absolute Gasteiger partial charge is 0.220 e. The minimum Gasteiger partial charge on any atom is -0.388 e. The summed E-state index contributed by atoms with van der Waals surface area (Å²) in [6.45, 7) is 2.59. The van der Waals surface area contributed by atoms with Crippen molar-refractivity contribution in [1.29, 1.82) is 0 Å². The van der Waals surface area contributed by atoms with Gasteiger partial charge in [0.1, 0.15) is 0 Å². The second-order valence-corrected chi connectivity index (χ2v) is 6.00. The number of hydrogen-bond acceptors (Lipinski definition) is 3. The molecular weight excluding hydrogens is 252 g/mol. The molecule has 20 heavy (non-hydrogen) atoms. The number of aliphatic hydroxyl groups is 1. The minimum atomic E-state index is -0.701. The van der Waals surface area contributed by atoms with E-state index in [9.17, 15) is 9.90 Å². The van der Waals surface area contributed by atoms with Crippen molar-refractivity contribution in [3.05, 3.63) is 30.1 Å². The van der Waals surface area contributed by atoms with Crippen LogP contribution in [0.1, 0.15) is 44.7 Å². The van der Waals surface area contributed by atoms with Crippen molar-refractivity contribution in [3.63, 3.8) is 0 Å². The fourth-order valence-corrected chi connectivity index (χ4v) is 2.62. The SMILES string of the molecule is CC1CCC(O)(CNC(=O)CCc2ccccn2)CC1. The molecule has 0 atom stereocenters. The maximum atomic E-state index is 11.8. The van der Waals surface area contributed by atoms with Gasteiger partial charge in [-0.15, -0.1) is 0 Å². The molecule has 1 heterocycles. The van der Waals surface area contributed by atoms with Crippen LogP contribution in [0.5, 0.6) is 0 Å². The standard InChI is InChI=1S/C16H24N2O2/c1-13-7-9-16(20,10-8-13)12-18-15(19)6-5-14-4-2-3-11-17-14/h2-4,11,13,20H,5-10,12H2,1H3,(H,18,19). The Morgan fingerprint density at radius 2 is 2.20 bits per heavy atom. The van der Waals surface area contributed by atoms with Crippen LogP contribution >= 0.6 is 0 Å². The van der Waals surface area contributed by atoms with Crippen molar-refractivity contribution >= 4 is 5.91 Å². The van der Waals surface area contributed by atoms with E-state index in [0.717, 1.165) is 31.4 Å². The van der Waals surface area contributed by atoms with Crippen LogP contribution in [0.15, 0.2) is 24.4 Å². The lowest BCUT2D eigenvalue weighted by Gasteiger charge is -2.34. The molecule has 1 amide bonds. The van der Waals surface area contributed by atoms with Gasteiger partial charge in [-0.3, -0.25) is 9.78 Å². The zero-order valence-corrected chi connectivity index (χ0v) is 12.1. The second-order valence-electron chi connectivity index (χ2n) is 6.00. The summed E-state index contributed by atoms with van der Waals surface area (Å²) >= 11 is 0. The Bertz CT molecular complexity index is 425. The first-order valence-corrected chi connectivity index (χ1v) is 7.46. The molecule has 4 nitrogen and oxygen atoms in total. The number of carbonyl (C=O) groups excluding carboxylic acids is 1. The molecule has 110 valence electrons. The molecular formula is C16H24N2O2. The van der Waals surface area contributed by atoms with Crippen molar-refractivity contribution in [2.75, 3.05) is 6.54 Å². The van der Waals surface area contributed by atoms with Crippen molar-refractivity contribution in [2.24, 2.45) is 5.92 Å². The highest BCUT2D eigenvalue weighted by Crippen LogP contribution is 2.31. The normalized spacial score (nSPS) is 26.2. The molecule has 0 unspecified atom stereocenters. The lowest BCUT2D eigenvalue weighted by Crippen LogP contribution is -2.45. The monoisotopic (exact) mass is 276 g/mol. The second kappa shape index (κ2) is 6.84. The van der Waals surface area contributed by atoms with E-state index >= 15 is 0 Å². The van der Waals surface area contributed by atoms with Gasteiger partial charge in [-0.05, 0) is 50.2 Å². The van der Waals surface area contributed by atoms with E-state index in [-0.39, 0.29) is 5.91 Å². The molecule has 0 radical (unpaired) electrons. The quantitative estimate of drug-likeness (QED) is 0.865. The topological polar surface area (TPSA) is 62.2 Å². The van der Waals surface area contributed by atoms with Gasteiger partial charge in [0.25, 0.3) is 0 Å². The van der Waals surface area contributed by atoms with Gasteiger partial charge < -0.3 is 10.4 Å². The van der Waals surface area contributed by atoms with Crippen molar-refractivity contribution < 1.29 is 9.90 Å². The van der Waals surface area contributed by atoms with E-state index < -0.39 is 5.60 Å². The zero-order valence-electron chi connectivity index (χ0n) is 12.1. The van der Waals surface area contributed by atoms with Gasteiger partial charge in [0.15, 0.2) is 0 Å². The predicted molar refractivity (Wildman–Crippen MR) is 78.1 cm³/mol. The highest BCUT2D eigenvalue weighted by molar-refractivity contribution is 5.76. The van der Waals surface area contributed by atoms with Crippen LogP contribution in [-0.2, 0) is 11.2 Å². The van der Waals surface area contributed by atoms with Gasteiger partial charge in [0.05, 0.1) is 5.60 Å². The summed E-state index contributed by atoms with van der Waals surface area (Å²) in [5, 5.41) is 13.3. The van der Waals surface area contributed by atoms with Crippen LogP contribution in [0.4, 0.5) is 0 Å². The Hall–Kier alpha value is -1.42. The number of aryl methyl sites for hydroxylation is 1. The molecule has 1 aliphatic carbocycles. The van der Waals surface area contributed by atoms with E-state index in [1.807, 2.05) is 18.2 Å². The van der Waals surface area contributed by atoms with E-state index in [1.54, 1.807) is 6.20 Å². The summed E-state index contributed by atoms with van der Waals surface area (Å²) in [7, 11) is 0. The van der Waals surface area contributed by atoms with Crippen LogP contribution in [-0.4, -0.2) is 28.1 Å². The fourth-order valence-electron chi connectivity index (χ4n) is 2.62. The summed E-state index contributed by atoms with van der Waals surface area (Å²) in [4.78, 5) is 16.0. The van der Waals surface area contributed by atoms with Crippen LogP contribution in [0.3, 0.4) is 0 Å². The third-order valence-electron chi connectivity index (χ3n) is 4.15. The van der Waals surface area contributed by atoms with Gasteiger partial charge in [-0.2, -0.15) is 0 Å². The number of nitrogens with one attached hydrogen (secondary N) is 1. The first kappa shape index (κ1) is 15.0. The molecule has 0 aliphatic heterocycles. The van der Waals surface area contributed by atoms with Crippen molar-refractivity contribution in [1.82, 2.24) is 10.3 Å². The molecule has 1 fully saturated rings. The van der Waals surface area contributed by atoms with Crippen molar-refractivity contribution in [3.8, 4) is 0 Å². The first-order valence-electron chi connectivity index (χ1n) is 7.46. The number of aromatic nitrogens is 1. The molecule has 0 aromatic carbocycles. The van der Waals surface area contributed by atoms with Crippen LogP contribution < -0.4 is 5.32 Å². The highest BCUT2D eigenvalue weighted by atomic mass is 16.3. The number of pyridine rings is 1. The van der Waals surface area contributed by atoms with Gasteiger partial charge >= 0.3 is 0 Å². The fraction of sp³-hybridized carbons (Fsp3) is 0.625. The van der Waals surface area contributed by atoms with Crippen LogP contribution in [0.2, 0.25) is 0 Å². The number of hydrogen-bond donors (Lipinski definition) is 2.